The molecular weight excluding hydrogens is 436 g/mol. The van der Waals surface area contributed by atoms with E-state index in [0.717, 1.165) is 5.56 Å². The highest BCUT2D eigenvalue weighted by Crippen LogP contribution is 2.30. The monoisotopic (exact) mass is 460 g/mol. The van der Waals surface area contributed by atoms with Crippen LogP contribution in [0.15, 0.2) is 72.8 Å². The fraction of sp³-hybridized carbons (Fsp3) is 0.192. The minimum Gasteiger partial charge on any atom is -0.486 e. The van der Waals surface area contributed by atoms with E-state index in [4.69, 9.17) is 14.2 Å². The molecule has 3 aromatic carbocycles. The van der Waals surface area contributed by atoms with Crippen LogP contribution in [0.1, 0.15) is 26.3 Å². The summed E-state index contributed by atoms with van der Waals surface area (Å²) in [6, 6.07) is 20.8. The highest BCUT2D eigenvalue weighted by molar-refractivity contribution is 6.08. The maximum Gasteiger partial charge on any atom is 0.340 e. The lowest BCUT2D eigenvalue weighted by Gasteiger charge is -2.18. The van der Waals surface area contributed by atoms with E-state index in [1.54, 1.807) is 42.5 Å². The van der Waals surface area contributed by atoms with Crippen molar-refractivity contribution in [1.82, 2.24) is 5.32 Å². The third kappa shape index (κ3) is 5.92. The summed E-state index contributed by atoms with van der Waals surface area (Å²) in [7, 11) is 0. The predicted molar refractivity (Wildman–Crippen MR) is 125 cm³/mol. The van der Waals surface area contributed by atoms with Gasteiger partial charge in [0.2, 0.25) is 0 Å². The Morgan fingerprint density at radius 3 is 2.41 bits per heavy atom. The first-order valence-electron chi connectivity index (χ1n) is 10.9. The average molecular weight is 460 g/mol. The number of benzene rings is 3. The molecule has 0 unspecified atom stereocenters. The lowest BCUT2D eigenvalue weighted by Crippen LogP contribution is -2.30. The molecule has 0 fully saturated rings. The van der Waals surface area contributed by atoms with Crippen LogP contribution in [-0.4, -0.2) is 44.1 Å². The van der Waals surface area contributed by atoms with Crippen LogP contribution in [0.3, 0.4) is 0 Å². The Bertz CT molecular complexity index is 1180. The fourth-order valence-electron chi connectivity index (χ4n) is 3.40. The van der Waals surface area contributed by atoms with Gasteiger partial charge in [-0.3, -0.25) is 9.59 Å². The summed E-state index contributed by atoms with van der Waals surface area (Å²) in [5.74, 6) is -0.0615. The molecule has 2 N–H and O–H groups in total. The lowest BCUT2D eigenvalue weighted by atomic mass is 10.1. The minimum atomic E-state index is -0.703. The highest BCUT2D eigenvalue weighted by atomic mass is 16.6. The molecule has 0 atom stereocenters. The number of ether oxygens (including phenoxy) is 3. The number of esters is 1. The van der Waals surface area contributed by atoms with Crippen LogP contribution in [0, 0.1) is 0 Å². The Balaban J connectivity index is 1.26. The van der Waals surface area contributed by atoms with E-state index in [9.17, 15) is 14.4 Å². The summed E-state index contributed by atoms with van der Waals surface area (Å²) < 4.78 is 16.2. The average Bonchev–Trinajstić information content (AvgIpc) is 2.88. The largest absolute Gasteiger partial charge is 0.486 e. The molecule has 0 bridgehead atoms. The van der Waals surface area contributed by atoms with E-state index >= 15 is 0 Å². The third-order valence-electron chi connectivity index (χ3n) is 5.11. The van der Waals surface area contributed by atoms with Crippen molar-refractivity contribution in [3.63, 3.8) is 0 Å². The van der Waals surface area contributed by atoms with E-state index < -0.39 is 18.5 Å². The topological polar surface area (TPSA) is 103 Å². The maximum atomic E-state index is 12.5. The standard InChI is InChI=1S/C26H24N2O6/c29-24(27-13-12-18-10-11-22-23(16-18)33-15-14-32-22)17-34-26(31)20-8-4-5-9-21(20)28-25(30)19-6-2-1-3-7-19/h1-11,16H,12-15,17H2,(H,27,29)(H,28,30). The van der Waals surface area contributed by atoms with Crippen LogP contribution in [-0.2, 0) is 16.0 Å². The van der Waals surface area contributed by atoms with Gasteiger partial charge in [0.25, 0.3) is 11.8 Å². The first-order valence-corrected chi connectivity index (χ1v) is 10.9. The van der Waals surface area contributed by atoms with Gasteiger partial charge in [0.05, 0.1) is 11.3 Å². The smallest absolute Gasteiger partial charge is 0.340 e. The second kappa shape index (κ2) is 11.0. The van der Waals surface area contributed by atoms with Gasteiger partial charge < -0.3 is 24.8 Å². The first-order chi connectivity index (χ1) is 16.6. The summed E-state index contributed by atoms with van der Waals surface area (Å²) in [6.07, 6.45) is 0.588. The molecule has 0 aliphatic carbocycles. The zero-order chi connectivity index (χ0) is 23.8. The third-order valence-corrected chi connectivity index (χ3v) is 5.11. The molecule has 4 rings (SSSR count). The number of rotatable bonds is 8. The zero-order valence-electron chi connectivity index (χ0n) is 18.4. The Labute approximate surface area is 196 Å². The second-order valence-electron chi connectivity index (χ2n) is 7.52. The molecule has 174 valence electrons. The molecule has 0 radical (unpaired) electrons. The van der Waals surface area contributed by atoms with Gasteiger partial charge >= 0.3 is 5.97 Å². The van der Waals surface area contributed by atoms with Gasteiger partial charge in [-0.2, -0.15) is 0 Å². The quantitative estimate of drug-likeness (QED) is 0.501. The molecule has 8 heteroatoms. The van der Waals surface area contributed by atoms with Gasteiger partial charge in [0.1, 0.15) is 13.2 Å². The van der Waals surface area contributed by atoms with Crippen LogP contribution in [0.4, 0.5) is 5.69 Å². The van der Waals surface area contributed by atoms with Gasteiger partial charge in [0, 0.05) is 12.1 Å². The maximum absolute atomic E-state index is 12.5. The van der Waals surface area contributed by atoms with Crippen molar-refractivity contribution >= 4 is 23.5 Å². The number of hydrogen-bond acceptors (Lipinski definition) is 6. The normalized spacial score (nSPS) is 11.9. The van der Waals surface area contributed by atoms with E-state index in [-0.39, 0.29) is 11.5 Å². The Hall–Kier alpha value is -4.33. The molecule has 0 saturated carbocycles. The Morgan fingerprint density at radius 1 is 0.853 bits per heavy atom. The SMILES string of the molecule is O=C(COC(=O)c1ccccc1NC(=O)c1ccccc1)NCCc1ccc2c(c1)OCCO2. The highest BCUT2D eigenvalue weighted by Gasteiger charge is 2.17. The van der Waals surface area contributed by atoms with Gasteiger partial charge in [-0.05, 0) is 48.4 Å². The van der Waals surface area contributed by atoms with Crippen LogP contribution in [0.25, 0.3) is 0 Å². The lowest BCUT2D eigenvalue weighted by molar-refractivity contribution is -0.124. The van der Waals surface area contributed by atoms with E-state index in [1.807, 2.05) is 24.3 Å². The summed E-state index contributed by atoms with van der Waals surface area (Å²) >= 11 is 0. The molecule has 2 amide bonds. The van der Waals surface area contributed by atoms with E-state index in [2.05, 4.69) is 10.6 Å². The molecule has 1 aliphatic heterocycles. The Kier molecular flexibility index (Phi) is 7.39. The second-order valence-corrected chi connectivity index (χ2v) is 7.52. The van der Waals surface area contributed by atoms with Crippen LogP contribution >= 0.6 is 0 Å². The van der Waals surface area contributed by atoms with Crippen molar-refractivity contribution < 1.29 is 28.6 Å². The van der Waals surface area contributed by atoms with Crippen molar-refractivity contribution in [1.29, 1.82) is 0 Å². The van der Waals surface area contributed by atoms with Gasteiger partial charge in [-0.15, -0.1) is 0 Å². The summed E-state index contributed by atoms with van der Waals surface area (Å²) in [4.78, 5) is 37.1. The van der Waals surface area contributed by atoms with Crippen molar-refractivity contribution in [2.24, 2.45) is 0 Å². The number of anilines is 1. The van der Waals surface area contributed by atoms with Gasteiger partial charge in [0.15, 0.2) is 18.1 Å². The van der Waals surface area contributed by atoms with Crippen molar-refractivity contribution in [3.8, 4) is 11.5 Å². The summed E-state index contributed by atoms with van der Waals surface area (Å²) in [5.41, 5.74) is 1.92. The number of nitrogens with one attached hydrogen (secondary N) is 2. The number of hydrogen-bond donors (Lipinski definition) is 2. The van der Waals surface area contributed by atoms with Crippen molar-refractivity contribution in [3.05, 3.63) is 89.5 Å². The number of para-hydroxylation sites is 1. The predicted octanol–water partition coefficient (Wildman–Crippen LogP) is 3.23. The molecule has 8 nitrogen and oxygen atoms in total. The Morgan fingerprint density at radius 2 is 1.59 bits per heavy atom. The summed E-state index contributed by atoms with van der Waals surface area (Å²) in [5, 5.41) is 5.44. The molecule has 3 aromatic rings. The van der Waals surface area contributed by atoms with Crippen LogP contribution in [0.2, 0.25) is 0 Å². The molecule has 1 heterocycles. The number of carbonyl (C=O) groups excluding carboxylic acids is 3. The fourth-order valence-corrected chi connectivity index (χ4v) is 3.40. The molecule has 34 heavy (non-hydrogen) atoms. The molecule has 1 aliphatic rings. The van der Waals surface area contributed by atoms with Crippen molar-refractivity contribution in [2.75, 3.05) is 31.7 Å². The molecule has 0 aromatic heterocycles. The van der Waals surface area contributed by atoms with Gasteiger partial charge in [-0.1, -0.05) is 36.4 Å². The molecule has 0 spiro atoms. The van der Waals surface area contributed by atoms with E-state index in [1.165, 1.54) is 6.07 Å². The first kappa shape index (κ1) is 22.8. The zero-order valence-corrected chi connectivity index (χ0v) is 18.4. The van der Waals surface area contributed by atoms with Crippen LogP contribution < -0.4 is 20.1 Å². The van der Waals surface area contributed by atoms with Crippen molar-refractivity contribution in [2.45, 2.75) is 6.42 Å². The van der Waals surface area contributed by atoms with Crippen LogP contribution in [0.5, 0.6) is 11.5 Å². The number of carbonyl (C=O) groups is 3. The molecule has 0 saturated heterocycles. The van der Waals surface area contributed by atoms with Gasteiger partial charge in [-0.25, -0.2) is 4.79 Å². The number of amides is 2. The minimum absolute atomic E-state index is 0.163. The summed E-state index contributed by atoms with van der Waals surface area (Å²) in [6.45, 7) is 0.989. The number of fused-ring (bicyclic) bond motifs is 1. The van der Waals surface area contributed by atoms with E-state index in [0.29, 0.717) is 48.9 Å². The molecular formula is C26H24N2O6.